The van der Waals surface area contributed by atoms with Crippen molar-refractivity contribution in [1.29, 1.82) is 0 Å². The fourth-order valence-electron chi connectivity index (χ4n) is 1.45. The van der Waals surface area contributed by atoms with Gasteiger partial charge in [0.15, 0.2) is 0 Å². The Morgan fingerprint density at radius 3 is 2.53 bits per heavy atom. The molecule has 1 unspecified atom stereocenters. The lowest BCUT2D eigenvalue weighted by Crippen LogP contribution is -2.37. The summed E-state index contributed by atoms with van der Waals surface area (Å²) >= 11 is 0. The summed E-state index contributed by atoms with van der Waals surface area (Å²) in [6, 6.07) is 4.31. The summed E-state index contributed by atoms with van der Waals surface area (Å²) in [4.78, 5) is 0. The lowest BCUT2D eigenvalue weighted by Gasteiger charge is -2.31. The van der Waals surface area contributed by atoms with Crippen LogP contribution in [-0.4, -0.2) is 12.7 Å². The highest BCUT2D eigenvalue weighted by Crippen LogP contribution is 2.28. The van der Waals surface area contributed by atoms with E-state index in [4.69, 9.17) is 10.5 Å². The van der Waals surface area contributed by atoms with E-state index in [-0.39, 0.29) is 11.9 Å². The van der Waals surface area contributed by atoms with Gasteiger partial charge in [-0.2, -0.15) is 0 Å². The minimum atomic E-state index is -0.501. The van der Waals surface area contributed by atoms with E-state index in [0.717, 1.165) is 11.1 Å². The van der Waals surface area contributed by atoms with Gasteiger partial charge in [-0.15, -0.1) is 0 Å². The highest BCUT2D eigenvalue weighted by Gasteiger charge is 2.28. The van der Waals surface area contributed by atoms with E-state index in [0.29, 0.717) is 0 Å². The average Bonchev–Trinajstić information content (AvgIpc) is 2.20. The summed E-state index contributed by atoms with van der Waals surface area (Å²) < 4.78 is 18.4. The first-order chi connectivity index (χ1) is 6.88. The zero-order chi connectivity index (χ0) is 11.6. The molecule has 15 heavy (non-hydrogen) atoms. The van der Waals surface area contributed by atoms with E-state index in [1.54, 1.807) is 13.2 Å². The molecule has 1 rings (SSSR count). The quantitative estimate of drug-likeness (QED) is 0.834. The van der Waals surface area contributed by atoms with Gasteiger partial charge in [0, 0.05) is 7.11 Å². The van der Waals surface area contributed by atoms with Crippen LogP contribution in [0.4, 0.5) is 4.39 Å². The van der Waals surface area contributed by atoms with Gasteiger partial charge in [0.1, 0.15) is 5.82 Å². The third kappa shape index (κ3) is 2.55. The molecule has 1 aromatic rings. The Morgan fingerprint density at radius 1 is 1.40 bits per heavy atom. The normalized spacial score (nSPS) is 14.0. The van der Waals surface area contributed by atoms with Crippen LogP contribution in [0.1, 0.15) is 31.0 Å². The molecule has 2 nitrogen and oxygen atoms in total. The van der Waals surface area contributed by atoms with E-state index in [1.165, 1.54) is 12.1 Å². The number of halogens is 1. The molecule has 0 spiro atoms. The Hall–Kier alpha value is -0.930. The Labute approximate surface area is 90.2 Å². The van der Waals surface area contributed by atoms with Crippen molar-refractivity contribution in [2.75, 3.05) is 7.11 Å². The molecule has 0 aliphatic heterocycles. The van der Waals surface area contributed by atoms with Crippen LogP contribution in [-0.2, 0) is 4.74 Å². The standard InChI is InChI=1S/C12H18FNO/c1-8-5-6-9(13)7-10(8)11(14)12(2,3)15-4/h5-7,11H,14H2,1-4H3. The van der Waals surface area contributed by atoms with Crippen molar-refractivity contribution in [1.82, 2.24) is 0 Å². The number of ether oxygens (including phenoxy) is 1. The number of nitrogens with two attached hydrogens (primary N) is 1. The molecule has 0 heterocycles. The summed E-state index contributed by atoms with van der Waals surface area (Å²) in [7, 11) is 1.61. The van der Waals surface area contributed by atoms with Crippen molar-refractivity contribution in [3.05, 3.63) is 35.1 Å². The molecule has 1 aromatic carbocycles. The molecule has 0 saturated heterocycles. The Bertz CT molecular complexity index is 349. The molecule has 0 bridgehead atoms. The Kier molecular flexibility index (Phi) is 3.47. The SMILES string of the molecule is COC(C)(C)C(N)c1cc(F)ccc1C. The Morgan fingerprint density at radius 2 is 2.00 bits per heavy atom. The molecule has 0 aliphatic rings. The van der Waals surface area contributed by atoms with Gasteiger partial charge in [0.2, 0.25) is 0 Å². The van der Waals surface area contributed by atoms with Crippen molar-refractivity contribution < 1.29 is 9.13 Å². The summed E-state index contributed by atoms with van der Waals surface area (Å²) in [5.41, 5.74) is 7.33. The monoisotopic (exact) mass is 211 g/mol. The zero-order valence-corrected chi connectivity index (χ0v) is 9.67. The molecular formula is C12H18FNO. The van der Waals surface area contributed by atoms with Crippen LogP contribution in [0.5, 0.6) is 0 Å². The minimum absolute atomic E-state index is 0.266. The van der Waals surface area contributed by atoms with Crippen molar-refractivity contribution in [2.45, 2.75) is 32.4 Å². The second kappa shape index (κ2) is 4.29. The topological polar surface area (TPSA) is 35.2 Å². The molecule has 0 fully saturated rings. The maximum absolute atomic E-state index is 13.1. The molecule has 2 N–H and O–H groups in total. The maximum Gasteiger partial charge on any atom is 0.123 e. The highest BCUT2D eigenvalue weighted by atomic mass is 19.1. The van der Waals surface area contributed by atoms with Crippen LogP contribution in [0.25, 0.3) is 0 Å². The van der Waals surface area contributed by atoms with Gasteiger partial charge in [0.05, 0.1) is 11.6 Å². The Balaban J connectivity index is 3.10. The highest BCUT2D eigenvalue weighted by molar-refractivity contribution is 5.31. The molecule has 0 aromatic heterocycles. The van der Waals surface area contributed by atoms with Crippen molar-refractivity contribution in [3.63, 3.8) is 0 Å². The number of benzene rings is 1. The van der Waals surface area contributed by atoms with Crippen LogP contribution in [0.15, 0.2) is 18.2 Å². The van der Waals surface area contributed by atoms with Crippen LogP contribution < -0.4 is 5.73 Å². The van der Waals surface area contributed by atoms with E-state index >= 15 is 0 Å². The van der Waals surface area contributed by atoms with Crippen LogP contribution >= 0.6 is 0 Å². The van der Waals surface area contributed by atoms with Gasteiger partial charge in [-0.25, -0.2) is 4.39 Å². The number of hydrogen-bond acceptors (Lipinski definition) is 2. The number of hydrogen-bond donors (Lipinski definition) is 1. The molecule has 3 heteroatoms. The third-order valence-electron chi connectivity index (χ3n) is 2.85. The summed E-state index contributed by atoms with van der Waals surface area (Å²) in [6.07, 6.45) is 0. The minimum Gasteiger partial charge on any atom is -0.377 e. The predicted molar refractivity (Wildman–Crippen MR) is 59.2 cm³/mol. The van der Waals surface area contributed by atoms with E-state index in [2.05, 4.69) is 0 Å². The smallest absolute Gasteiger partial charge is 0.123 e. The first kappa shape index (κ1) is 12.1. The van der Waals surface area contributed by atoms with Crippen LogP contribution in [0.2, 0.25) is 0 Å². The van der Waals surface area contributed by atoms with Crippen LogP contribution in [0.3, 0.4) is 0 Å². The fraction of sp³-hybridized carbons (Fsp3) is 0.500. The van der Waals surface area contributed by atoms with E-state index < -0.39 is 5.60 Å². The maximum atomic E-state index is 13.1. The second-order valence-electron chi connectivity index (χ2n) is 4.29. The van der Waals surface area contributed by atoms with E-state index in [9.17, 15) is 4.39 Å². The molecule has 0 amide bonds. The fourth-order valence-corrected chi connectivity index (χ4v) is 1.45. The van der Waals surface area contributed by atoms with Crippen molar-refractivity contribution in [2.24, 2.45) is 5.73 Å². The molecule has 1 atom stereocenters. The van der Waals surface area contributed by atoms with Crippen LogP contribution in [0, 0.1) is 12.7 Å². The van der Waals surface area contributed by atoms with Gasteiger partial charge in [0.25, 0.3) is 0 Å². The largest absolute Gasteiger partial charge is 0.377 e. The number of rotatable bonds is 3. The summed E-state index contributed by atoms with van der Waals surface area (Å²) in [6.45, 7) is 5.70. The van der Waals surface area contributed by atoms with Crippen molar-refractivity contribution >= 4 is 0 Å². The molecule has 0 radical (unpaired) electrons. The van der Waals surface area contributed by atoms with Gasteiger partial charge in [-0.05, 0) is 44.0 Å². The lowest BCUT2D eigenvalue weighted by atomic mass is 9.90. The van der Waals surface area contributed by atoms with Gasteiger partial charge in [-0.3, -0.25) is 0 Å². The first-order valence-electron chi connectivity index (χ1n) is 4.95. The number of methoxy groups -OCH3 is 1. The van der Waals surface area contributed by atoms with Gasteiger partial charge < -0.3 is 10.5 Å². The molecule has 0 aliphatic carbocycles. The zero-order valence-electron chi connectivity index (χ0n) is 9.67. The third-order valence-corrected chi connectivity index (χ3v) is 2.85. The van der Waals surface area contributed by atoms with E-state index in [1.807, 2.05) is 20.8 Å². The van der Waals surface area contributed by atoms with Crippen molar-refractivity contribution in [3.8, 4) is 0 Å². The van der Waals surface area contributed by atoms with Gasteiger partial charge in [-0.1, -0.05) is 6.07 Å². The molecule has 84 valence electrons. The molecule has 0 saturated carbocycles. The van der Waals surface area contributed by atoms with Gasteiger partial charge >= 0.3 is 0 Å². The summed E-state index contributed by atoms with van der Waals surface area (Å²) in [5, 5.41) is 0. The lowest BCUT2D eigenvalue weighted by molar-refractivity contribution is -0.000247. The molecular weight excluding hydrogens is 193 g/mol. The number of aryl methyl sites for hydroxylation is 1. The second-order valence-corrected chi connectivity index (χ2v) is 4.29. The average molecular weight is 211 g/mol. The summed E-state index contributed by atoms with van der Waals surface area (Å²) in [5.74, 6) is -0.266. The predicted octanol–water partition coefficient (Wildman–Crippen LogP) is 2.56. The first-order valence-corrected chi connectivity index (χ1v) is 4.95.